The molecule has 0 aromatic rings. The fourth-order valence-electron chi connectivity index (χ4n) is 2.64. The highest BCUT2D eigenvalue weighted by molar-refractivity contribution is 4.78. The van der Waals surface area contributed by atoms with E-state index in [-0.39, 0.29) is 0 Å². The molecule has 0 aromatic carbocycles. The van der Waals surface area contributed by atoms with Crippen LogP contribution in [0.2, 0.25) is 0 Å². The van der Waals surface area contributed by atoms with Gasteiger partial charge in [-0.15, -0.1) is 0 Å². The van der Waals surface area contributed by atoms with Crippen LogP contribution in [-0.2, 0) is 0 Å². The summed E-state index contributed by atoms with van der Waals surface area (Å²) in [7, 11) is 0. The Hall–Kier alpha value is -0.0800. The highest BCUT2D eigenvalue weighted by atomic mass is 15.1. The van der Waals surface area contributed by atoms with Gasteiger partial charge in [0.25, 0.3) is 0 Å². The molecule has 16 heavy (non-hydrogen) atoms. The normalized spacial score (nSPS) is 21.2. The van der Waals surface area contributed by atoms with Crippen LogP contribution in [0.25, 0.3) is 0 Å². The smallest absolute Gasteiger partial charge is 0.00679 e. The monoisotopic (exact) mass is 226 g/mol. The molecule has 1 aliphatic rings. The van der Waals surface area contributed by atoms with Crippen molar-refractivity contribution < 1.29 is 0 Å². The Balaban J connectivity index is 2.10. The molecule has 0 bridgehead atoms. The van der Waals surface area contributed by atoms with Gasteiger partial charge >= 0.3 is 0 Å². The standard InChI is InChI=1S/C14H30N2/c1-4-6-7-10-15-13(3)14-8-11-16(5-2)12-9-14/h13-15H,4-12H2,1-3H3. The molecule has 0 radical (unpaired) electrons. The van der Waals surface area contributed by atoms with Crippen LogP contribution in [0.3, 0.4) is 0 Å². The summed E-state index contributed by atoms with van der Waals surface area (Å²) in [6, 6.07) is 0.718. The van der Waals surface area contributed by atoms with Crippen molar-refractivity contribution in [2.45, 2.75) is 58.9 Å². The molecule has 0 spiro atoms. The summed E-state index contributed by atoms with van der Waals surface area (Å²) in [4.78, 5) is 2.57. The Morgan fingerprint density at radius 1 is 1.19 bits per heavy atom. The van der Waals surface area contributed by atoms with Crippen molar-refractivity contribution in [2.24, 2.45) is 5.92 Å². The van der Waals surface area contributed by atoms with Crippen molar-refractivity contribution in [2.75, 3.05) is 26.2 Å². The van der Waals surface area contributed by atoms with Gasteiger partial charge < -0.3 is 10.2 Å². The first kappa shape index (κ1) is 14.0. The average molecular weight is 226 g/mol. The van der Waals surface area contributed by atoms with E-state index >= 15 is 0 Å². The summed E-state index contributed by atoms with van der Waals surface area (Å²) in [5, 5.41) is 3.70. The first-order valence-electron chi connectivity index (χ1n) is 7.23. The molecule has 1 aliphatic heterocycles. The molecule has 0 aromatic heterocycles. The van der Waals surface area contributed by atoms with Gasteiger partial charge in [0, 0.05) is 6.04 Å². The Morgan fingerprint density at radius 3 is 2.44 bits per heavy atom. The minimum atomic E-state index is 0.718. The van der Waals surface area contributed by atoms with Crippen molar-refractivity contribution >= 4 is 0 Å². The minimum absolute atomic E-state index is 0.718. The topological polar surface area (TPSA) is 15.3 Å². The zero-order valence-electron chi connectivity index (χ0n) is 11.5. The summed E-state index contributed by atoms with van der Waals surface area (Å²) in [5.41, 5.74) is 0. The second-order valence-corrected chi connectivity index (χ2v) is 5.22. The quantitative estimate of drug-likeness (QED) is 0.672. The first-order chi connectivity index (χ1) is 7.77. The number of piperidine rings is 1. The lowest BCUT2D eigenvalue weighted by atomic mass is 9.90. The minimum Gasteiger partial charge on any atom is -0.314 e. The van der Waals surface area contributed by atoms with Gasteiger partial charge in [-0.25, -0.2) is 0 Å². The molecule has 1 fully saturated rings. The molecule has 1 unspecified atom stereocenters. The predicted molar refractivity (Wildman–Crippen MR) is 71.8 cm³/mol. The van der Waals surface area contributed by atoms with E-state index in [1.807, 2.05) is 0 Å². The van der Waals surface area contributed by atoms with Crippen molar-refractivity contribution in [1.29, 1.82) is 0 Å². The fourth-order valence-corrected chi connectivity index (χ4v) is 2.64. The molecule has 1 heterocycles. The van der Waals surface area contributed by atoms with Gasteiger partial charge in [-0.2, -0.15) is 0 Å². The van der Waals surface area contributed by atoms with E-state index in [4.69, 9.17) is 0 Å². The summed E-state index contributed by atoms with van der Waals surface area (Å²) in [5.74, 6) is 0.907. The fraction of sp³-hybridized carbons (Fsp3) is 1.00. The van der Waals surface area contributed by atoms with Crippen molar-refractivity contribution in [3.05, 3.63) is 0 Å². The Bertz CT molecular complexity index is 162. The molecule has 1 rings (SSSR count). The summed E-state index contributed by atoms with van der Waals surface area (Å²) < 4.78 is 0. The number of hydrogen-bond donors (Lipinski definition) is 1. The third-order valence-corrected chi connectivity index (χ3v) is 4.03. The molecule has 1 N–H and O–H groups in total. The second-order valence-electron chi connectivity index (χ2n) is 5.22. The van der Waals surface area contributed by atoms with Crippen molar-refractivity contribution in [3.63, 3.8) is 0 Å². The number of nitrogens with zero attached hydrogens (tertiary/aromatic N) is 1. The molecule has 1 saturated heterocycles. The van der Waals surface area contributed by atoms with Crippen molar-refractivity contribution in [3.8, 4) is 0 Å². The summed E-state index contributed by atoms with van der Waals surface area (Å²) in [6.07, 6.45) is 6.80. The van der Waals surface area contributed by atoms with Gasteiger partial charge in [-0.05, 0) is 58.3 Å². The first-order valence-corrected chi connectivity index (χ1v) is 7.23. The lowest BCUT2D eigenvalue weighted by Crippen LogP contribution is -2.42. The maximum atomic E-state index is 3.70. The summed E-state index contributed by atoms with van der Waals surface area (Å²) >= 11 is 0. The van der Waals surface area contributed by atoms with E-state index in [0.29, 0.717) is 0 Å². The van der Waals surface area contributed by atoms with E-state index in [0.717, 1.165) is 12.0 Å². The Labute approximate surface area is 102 Å². The predicted octanol–water partition coefficient (Wildman–Crippen LogP) is 2.89. The molecular weight excluding hydrogens is 196 g/mol. The van der Waals surface area contributed by atoms with Gasteiger partial charge in [-0.3, -0.25) is 0 Å². The lowest BCUT2D eigenvalue weighted by molar-refractivity contribution is 0.169. The molecule has 0 aliphatic carbocycles. The van der Waals surface area contributed by atoms with E-state index < -0.39 is 0 Å². The zero-order chi connectivity index (χ0) is 11.8. The molecule has 0 saturated carbocycles. The second kappa shape index (κ2) is 8.08. The highest BCUT2D eigenvalue weighted by Crippen LogP contribution is 2.20. The van der Waals surface area contributed by atoms with Crippen LogP contribution in [0.1, 0.15) is 52.9 Å². The van der Waals surface area contributed by atoms with Gasteiger partial charge in [0.15, 0.2) is 0 Å². The molecule has 2 heteroatoms. The molecule has 0 amide bonds. The van der Waals surface area contributed by atoms with Crippen LogP contribution in [0.15, 0.2) is 0 Å². The zero-order valence-corrected chi connectivity index (χ0v) is 11.5. The summed E-state index contributed by atoms with van der Waals surface area (Å²) in [6.45, 7) is 12.0. The number of unbranched alkanes of at least 4 members (excludes halogenated alkanes) is 2. The van der Waals surface area contributed by atoms with E-state index in [9.17, 15) is 0 Å². The third-order valence-electron chi connectivity index (χ3n) is 4.03. The van der Waals surface area contributed by atoms with Crippen LogP contribution >= 0.6 is 0 Å². The number of nitrogens with one attached hydrogen (secondary N) is 1. The van der Waals surface area contributed by atoms with E-state index in [1.54, 1.807) is 0 Å². The number of rotatable bonds is 7. The maximum Gasteiger partial charge on any atom is 0.00679 e. The molecule has 1 atom stereocenters. The van der Waals surface area contributed by atoms with Gasteiger partial charge in [0.1, 0.15) is 0 Å². The van der Waals surface area contributed by atoms with Crippen LogP contribution in [0.5, 0.6) is 0 Å². The highest BCUT2D eigenvalue weighted by Gasteiger charge is 2.22. The Morgan fingerprint density at radius 2 is 1.88 bits per heavy atom. The van der Waals surface area contributed by atoms with Gasteiger partial charge in [0.05, 0.1) is 0 Å². The van der Waals surface area contributed by atoms with Crippen molar-refractivity contribution in [1.82, 2.24) is 10.2 Å². The van der Waals surface area contributed by atoms with Crippen LogP contribution in [-0.4, -0.2) is 37.1 Å². The van der Waals surface area contributed by atoms with Gasteiger partial charge in [-0.1, -0.05) is 26.7 Å². The molecule has 96 valence electrons. The largest absolute Gasteiger partial charge is 0.314 e. The van der Waals surface area contributed by atoms with E-state index in [2.05, 4.69) is 31.0 Å². The molecule has 2 nitrogen and oxygen atoms in total. The van der Waals surface area contributed by atoms with Crippen LogP contribution < -0.4 is 5.32 Å². The Kier molecular flexibility index (Phi) is 7.06. The number of likely N-dealkylation sites (tertiary alicyclic amines) is 1. The van der Waals surface area contributed by atoms with E-state index in [1.165, 1.54) is 58.3 Å². The average Bonchev–Trinajstić information content (AvgIpc) is 2.34. The molecular formula is C14H30N2. The SMILES string of the molecule is CCCCCNC(C)C1CCN(CC)CC1. The lowest BCUT2D eigenvalue weighted by Gasteiger charge is -2.34. The number of hydrogen-bond acceptors (Lipinski definition) is 2. The van der Waals surface area contributed by atoms with Gasteiger partial charge in [0.2, 0.25) is 0 Å². The maximum absolute atomic E-state index is 3.70. The third kappa shape index (κ3) is 4.84. The van der Waals surface area contributed by atoms with Crippen LogP contribution in [0.4, 0.5) is 0 Å². The van der Waals surface area contributed by atoms with Crippen LogP contribution in [0, 0.1) is 5.92 Å².